The lowest BCUT2D eigenvalue weighted by Crippen LogP contribution is -2.39. The van der Waals surface area contributed by atoms with Gasteiger partial charge in [0.15, 0.2) is 0 Å². The lowest BCUT2D eigenvalue weighted by Gasteiger charge is -2.33. The molecule has 0 radical (unpaired) electrons. The van der Waals surface area contributed by atoms with E-state index in [1.165, 1.54) is 25.8 Å². The molecule has 1 aliphatic rings. The van der Waals surface area contributed by atoms with Crippen molar-refractivity contribution in [2.24, 2.45) is 0 Å². The zero-order valence-corrected chi connectivity index (χ0v) is 13.7. The number of aliphatic hydroxyl groups is 1. The van der Waals surface area contributed by atoms with E-state index in [4.69, 9.17) is 9.84 Å². The molecule has 0 saturated carbocycles. The molecule has 1 aromatic carbocycles. The van der Waals surface area contributed by atoms with Crippen molar-refractivity contribution in [1.82, 2.24) is 14.5 Å². The second-order valence-electron chi connectivity index (χ2n) is 6.10. The molecule has 1 aromatic heterocycles. The van der Waals surface area contributed by atoms with Gasteiger partial charge in [-0.3, -0.25) is 0 Å². The highest BCUT2D eigenvalue weighted by Crippen LogP contribution is 2.29. The van der Waals surface area contributed by atoms with Crippen LogP contribution >= 0.6 is 0 Å². The van der Waals surface area contributed by atoms with Crippen LogP contribution in [-0.4, -0.2) is 52.4 Å². The molecule has 5 heteroatoms. The minimum absolute atomic E-state index is 0.00957. The number of piperidine rings is 1. The summed E-state index contributed by atoms with van der Waals surface area (Å²) in [4.78, 5) is 6.99. The molecule has 23 heavy (non-hydrogen) atoms. The lowest BCUT2D eigenvalue weighted by molar-refractivity contribution is 0.168. The molecular weight excluding hydrogens is 290 g/mol. The molecule has 0 spiro atoms. The number of aliphatic hydroxyl groups excluding tert-OH is 1. The molecule has 2 aromatic rings. The van der Waals surface area contributed by atoms with Gasteiger partial charge in [-0.25, -0.2) is 4.98 Å². The minimum Gasteiger partial charge on any atom is -0.490 e. The Bertz CT molecular complexity index is 626. The fourth-order valence-corrected chi connectivity index (χ4v) is 3.24. The summed E-state index contributed by atoms with van der Waals surface area (Å²) >= 11 is 0. The Labute approximate surface area is 137 Å². The Balaban J connectivity index is 1.83. The van der Waals surface area contributed by atoms with E-state index in [-0.39, 0.29) is 6.61 Å². The summed E-state index contributed by atoms with van der Waals surface area (Å²) < 4.78 is 7.88. The van der Waals surface area contributed by atoms with Gasteiger partial charge in [-0.15, -0.1) is 0 Å². The number of benzene rings is 1. The summed E-state index contributed by atoms with van der Waals surface area (Å²) in [5.41, 5.74) is 0.976. The highest BCUT2D eigenvalue weighted by molar-refractivity contribution is 5.64. The Morgan fingerprint density at radius 2 is 2.17 bits per heavy atom. The molecule has 1 N–H and O–H groups in total. The number of ether oxygens (including phenoxy) is 1. The maximum Gasteiger partial charge on any atom is 0.143 e. The van der Waals surface area contributed by atoms with E-state index < -0.39 is 0 Å². The standard InChI is InChI=1S/C18H25N3O2/c1-20-10-5-4-6-15(20)14-21-11-9-19-18(21)16-7-2-3-8-17(16)23-13-12-22/h2-3,7-9,11,15,22H,4-6,10,12-14H2,1H3/t15-/m0/s1. The topological polar surface area (TPSA) is 50.5 Å². The second-order valence-corrected chi connectivity index (χ2v) is 6.10. The number of aromatic nitrogens is 2. The van der Waals surface area contributed by atoms with Crippen molar-refractivity contribution in [2.75, 3.05) is 26.8 Å². The van der Waals surface area contributed by atoms with Crippen LogP contribution in [0.3, 0.4) is 0 Å². The number of hydrogen-bond donors (Lipinski definition) is 1. The van der Waals surface area contributed by atoms with Gasteiger partial charge < -0.3 is 19.3 Å². The third-order valence-corrected chi connectivity index (χ3v) is 4.52. The Kier molecular flexibility index (Phi) is 5.31. The molecular formula is C18H25N3O2. The first-order chi connectivity index (χ1) is 11.3. The molecule has 0 bridgehead atoms. The van der Waals surface area contributed by atoms with E-state index in [9.17, 15) is 0 Å². The molecule has 5 nitrogen and oxygen atoms in total. The van der Waals surface area contributed by atoms with Crippen molar-refractivity contribution < 1.29 is 9.84 Å². The zero-order valence-electron chi connectivity index (χ0n) is 13.7. The van der Waals surface area contributed by atoms with E-state index in [1.54, 1.807) is 0 Å². The van der Waals surface area contributed by atoms with Crippen LogP contribution in [0.5, 0.6) is 5.75 Å². The maximum absolute atomic E-state index is 9.00. The van der Waals surface area contributed by atoms with Gasteiger partial charge in [-0.1, -0.05) is 18.6 Å². The second kappa shape index (κ2) is 7.62. The molecule has 2 heterocycles. The predicted octanol–water partition coefficient (Wildman–Crippen LogP) is 2.41. The lowest BCUT2D eigenvalue weighted by atomic mass is 10.0. The van der Waals surface area contributed by atoms with Crippen molar-refractivity contribution in [1.29, 1.82) is 0 Å². The third kappa shape index (κ3) is 3.74. The number of imidazole rings is 1. The molecule has 1 aliphatic heterocycles. The molecule has 0 aliphatic carbocycles. The first kappa shape index (κ1) is 16.0. The van der Waals surface area contributed by atoms with Gasteiger partial charge in [0.05, 0.1) is 12.2 Å². The van der Waals surface area contributed by atoms with E-state index in [1.807, 2.05) is 36.7 Å². The normalized spacial score (nSPS) is 19.0. The average molecular weight is 315 g/mol. The van der Waals surface area contributed by atoms with Gasteiger partial charge in [0.2, 0.25) is 0 Å². The summed E-state index contributed by atoms with van der Waals surface area (Å²) in [6.07, 6.45) is 7.72. The SMILES string of the molecule is CN1CCCC[C@H]1Cn1ccnc1-c1ccccc1OCCO. The summed E-state index contributed by atoms with van der Waals surface area (Å²) in [5, 5.41) is 9.00. The van der Waals surface area contributed by atoms with E-state index in [0.717, 1.165) is 23.7 Å². The highest BCUT2D eigenvalue weighted by Gasteiger charge is 2.21. The Hall–Kier alpha value is -1.85. The number of hydrogen-bond acceptors (Lipinski definition) is 4. The molecule has 124 valence electrons. The molecule has 1 atom stereocenters. The van der Waals surface area contributed by atoms with E-state index >= 15 is 0 Å². The molecule has 1 saturated heterocycles. The number of likely N-dealkylation sites (tertiary alicyclic amines) is 1. The maximum atomic E-state index is 9.00. The molecule has 0 amide bonds. The van der Waals surface area contributed by atoms with Crippen LogP contribution in [0.1, 0.15) is 19.3 Å². The fraction of sp³-hybridized carbons (Fsp3) is 0.500. The van der Waals surface area contributed by atoms with Gasteiger partial charge in [-0.2, -0.15) is 0 Å². The number of para-hydroxylation sites is 1. The summed E-state index contributed by atoms with van der Waals surface area (Å²) in [6.45, 7) is 2.42. The van der Waals surface area contributed by atoms with Gasteiger partial charge in [0.1, 0.15) is 18.2 Å². The molecule has 0 unspecified atom stereocenters. The van der Waals surface area contributed by atoms with Crippen molar-refractivity contribution in [3.05, 3.63) is 36.7 Å². The van der Waals surface area contributed by atoms with Crippen molar-refractivity contribution >= 4 is 0 Å². The average Bonchev–Trinajstić information content (AvgIpc) is 3.03. The van der Waals surface area contributed by atoms with Crippen LogP contribution in [0.15, 0.2) is 36.7 Å². The molecule has 1 fully saturated rings. The van der Waals surface area contributed by atoms with E-state index in [2.05, 4.69) is 21.5 Å². The van der Waals surface area contributed by atoms with E-state index in [0.29, 0.717) is 12.6 Å². The quantitative estimate of drug-likeness (QED) is 0.889. The monoisotopic (exact) mass is 315 g/mol. The first-order valence-electron chi connectivity index (χ1n) is 8.34. The van der Waals surface area contributed by atoms with Gasteiger partial charge in [0, 0.05) is 25.0 Å². The number of rotatable bonds is 6. The first-order valence-corrected chi connectivity index (χ1v) is 8.34. The van der Waals surface area contributed by atoms with Crippen LogP contribution in [0.2, 0.25) is 0 Å². The highest BCUT2D eigenvalue weighted by atomic mass is 16.5. The molecule has 3 rings (SSSR count). The van der Waals surface area contributed by atoms with Crippen LogP contribution in [0.4, 0.5) is 0 Å². The van der Waals surface area contributed by atoms with Crippen molar-refractivity contribution in [2.45, 2.75) is 31.8 Å². The fourth-order valence-electron chi connectivity index (χ4n) is 3.24. The van der Waals surface area contributed by atoms with Crippen molar-refractivity contribution in [3.8, 4) is 17.1 Å². The van der Waals surface area contributed by atoms with Gasteiger partial charge >= 0.3 is 0 Å². The Morgan fingerprint density at radius 1 is 1.30 bits per heavy atom. The summed E-state index contributed by atoms with van der Waals surface area (Å²) in [6, 6.07) is 8.44. The third-order valence-electron chi connectivity index (χ3n) is 4.52. The zero-order chi connectivity index (χ0) is 16.1. The summed E-state index contributed by atoms with van der Waals surface area (Å²) in [5.74, 6) is 1.70. The van der Waals surface area contributed by atoms with Crippen molar-refractivity contribution in [3.63, 3.8) is 0 Å². The van der Waals surface area contributed by atoms with Crippen LogP contribution < -0.4 is 4.74 Å². The largest absolute Gasteiger partial charge is 0.490 e. The minimum atomic E-state index is 0.00957. The number of likely N-dealkylation sites (N-methyl/N-ethyl adjacent to an activating group) is 1. The summed E-state index contributed by atoms with van der Waals surface area (Å²) in [7, 11) is 2.21. The van der Waals surface area contributed by atoms with Crippen LogP contribution in [0, 0.1) is 0 Å². The van der Waals surface area contributed by atoms with Crippen LogP contribution in [-0.2, 0) is 6.54 Å². The van der Waals surface area contributed by atoms with Gasteiger partial charge in [0.25, 0.3) is 0 Å². The Morgan fingerprint density at radius 3 is 3.00 bits per heavy atom. The van der Waals surface area contributed by atoms with Crippen LogP contribution in [0.25, 0.3) is 11.4 Å². The predicted molar refractivity (Wildman–Crippen MR) is 90.5 cm³/mol. The number of nitrogens with zero attached hydrogens (tertiary/aromatic N) is 3. The van der Waals surface area contributed by atoms with Gasteiger partial charge in [-0.05, 0) is 38.6 Å². The smallest absolute Gasteiger partial charge is 0.143 e.